The molecule has 0 aliphatic rings. The van der Waals surface area contributed by atoms with Gasteiger partial charge in [-0.2, -0.15) is 0 Å². The summed E-state index contributed by atoms with van der Waals surface area (Å²) in [5.41, 5.74) is 0.357. The second-order valence-electron chi connectivity index (χ2n) is 5.63. The first kappa shape index (κ1) is 20.1. The van der Waals surface area contributed by atoms with Crippen molar-refractivity contribution in [3.63, 3.8) is 0 Å². The van der Waals surface area contributed by atoms with Crippen molar-refractivity contribution in [1.29, 1.82) is 0 Å². The Labute approximate surface area is 128 Å². The van der Waals surface area contributed by atoms with Gasteiger partial charge < -0.3 is 15.2 Å². The van der Waals surface area contributed by atoms with Gasteiger partial charge in [0.15, 0.2) is 5.70 Å². The smallest absolute Gasteiger partial charge is 0.304 e. The van der Waals surface area contributed by atoms with Gasteiger partial charge >= 0.3 is 5.91 Å². The highest BCUT2D eigenvalue weighted by Crippen LogP contribution is 2.14. The number of amides is 1. The van der Waals surface area contributed by atoms with Crippen LogP contribution >= 0.6 is 0 Å². The third kappa shape index (κ3) is 7.59. The molecule has 0 saturated heterocycles. The zero-order chi connectivity index (χ0) is 16.7. The third-order valence-electron chi connectivity index (χ3n) is 3.98. The number of carbonyl (C=O) groups is 1. The lowest BCUT2D eigenvalue weighted by Crippen LogP contribution is -2.96. The van der Waals surface area contributed by atoms with Crippen molar-refractivity contribution in [3.8, 4) is 0 Å². The van der Waals surface area contributed by atoms with E-state index >= 15 is 0 Å². The maximum atomic E-state index is 12.0. The van der Waals surface area contributed by atoms with Gasteiger partial charge in [0.25, 0.3) is 0 Å². The van der Waals surface area contributed by atoms with Crippen LogP contribution < -0.4 is 10.6 Å². The Morgan fingerprint density at radius 2 is 1.76 bits per heavy atom. The molecule has 0 aliphatic carbocycles. The maximum Gasteiger partial charge on any atom is 0.304 e. The fourth-order valence-corrected chi connectivity index (χ4v) is 3.09. The van der Waals surface area contributed by atoms with E-state index in [2.05, 4.69) is 32.7 Å². The number of nitrogens with two attached hydrogens (primary N) is 1. The zero-order valence-electron chi connectivity index (χ0n) is 13.4. The van der Waals surface area contributed by atoms with E-state index in [1.165, 1.54) is 0 Å². The molecule has 3 N–H and O–H groups in total. The molecule has 0 aromatic rings. The number of hydrogen-bond acceptors (Lipinski definition) is 4. The summed E-state index contributed by atoms with van der Waals surface area (Å²) in [5.74, 6) is -1.21. The Morgan fingerprint density at radius 1 is 1.29 bits per heavy atom. The second kappa shape index (κ2) is 8.51. The van der Waals surface area contributed by atoms with Gasteiger partial charge in [0.1, 0.15) is 5.54 Å². The number of rotatable bonds is 10. The van der Waals surface area contributed by atoms with E-state index in [1.807, 2.05) is 5.32 Å². The van der Waals surface area contributed by atoms with E-state index in [-0.39, 0.29) is 18.0 Å². The number of quaternary nitrogens is 1. The van der Waals surface area contributed by atoms with Crippen molar-refractivity contribution >= 4 is 16.0 Å². The van der Waals surface area contributed by atoms with Crippen LogP contribution in [0.3, 0.4) is 0 Å². The average molecular weight is 320 g/mol. The monoisotopic (exact) mass is 320 g/mol. The molecular formula is C14H28N2O4S. The van der Waals surface area contributed by atoms with Crippen molar-refractivity contribution in [2.24, 2.45) is 5.92 Å². The van der Waals surface area contributed by atoms with Crippen LogP contribution in [-0.2, 0) is 14.9 Å². The molecule has 0 aliphatic heterocycles. The van der Waals surface area contributed by atoms with Crippen LogP contribution in [0.2, 0.25) is 0 Å². The highest BCUT2D eigenvalue weighted by Gasteiger charge is 2.30. The minimum absolute atomic E-state index is 0.0294. The van der Waals surface area contributed by atoms with Crippen LogP contribution in [0.25, 0.3) is 0 Å². The molecule has 7 heteroatoms. The fraction of sp³-hybridized carbons (Fsp3) is 0.786. The predicted molar refractivity (Wildman–Crippen MR) is 81.4 cm³/mol. The Bertz CT molecular complexity index is 447. The van der Waals surface area contributed by atoms with Crippen LogP contribution in [-0.4, -0.2) is 36.7 Å². The van der Waals surface area contributed by atoms with Gasteiger partial charge in [-0.05, 0) is 31.8 Å². The van der Waals surface area contributed by atoms with E-state index in [0.717, 1.165) is 19.3 Å². The van der Waals surface area contributed by atoms with Crippen molar-refractivity contribution in [2.45, 2.75) is 52.5 Å². The third-order valence-corrected chi connectivity index (χ3v) is 4.96. The summed E-state index contributed by atoms with van der Waals surface area (Å²) in [5, 5.41) is 4.53. The molecule has 0 heterocycles. The van der Waals surface area contributed by atoms with Crippen LogP contribution in [0.4, 0.5) is 0 Å². The summed E-state index contributed by atoms with van der Waals surface area (Å²) in [4.78, 5) is 12.0. The van der Waals surface area contributed by atoms with Gasteiger partial charge in [-0.3, -0.25) is 4.79 Å². The topological polar surface area (TPSA) is 103 Å². The largest absolute Gasteiger partial charge is 0.748 e. The van der Waals surface area contributed by atoms with Gasteiger partial charge in [-0.15, -0.1) is 0 Å². The van der Waals surface area contributed by atoms with Crippen LogP contribution in [0.1, 0.15) is 47.0 Å². The van der Waals surface area contributed by atoms with E-state index < -0.39 is 21.8 Å². The molecule has 1 unspecified atom stereocenters. The minimum Gasteiger partial charge on any atom is -0.748 e. The summed E-state index contributed by atoms with van der Waals surface area (Å²) in [6.45, 7) is 11.8. The lowest BCUT2D eigenvalue weighted by atomic mass is 9.89. The Kier molecular flexibility index (Phi) is 8.13. The molecule has 124 valence electrons. The van der Waals surface area contributed by atoms with Gasteiger partial charge in [-0.1, -0.05) is 27.7 Å². The SMILES string of the molecule is C=C([NH2+]C(CC)(CC)CC)C(=O)NCC(C)CS(=O)(=O)[O-]. The minimum atomic E-state index is -4.26. The first-order valence-corrected chi connectivity index (χ1v) is 8.93. The first-order chi connectivity index (χ1) is 9.59. The van der Waals surface area contributed by atoms with Crippen LogP contribution in [0.5, 0.6) is 0 Å². The Hall–Kier alpha value is -0.920. The standard InChI is InChI=1S/C14H28N2O4S/c1-6-14(7-2,8-3)16-12(5)13(17)15-9-11(4)10-21(18,19)20/h11,16H,5-10H2,1-4H3,(H,15,17)(H,18,19,20). The summed E-state index contributed by atoms with van der Waals surface area (Å²) >= 11 is 0. The van der Waals surface area contributed by atoms with Gasteiger partial charge in [0, 0.05) is 12.3 Å². The highest BCUT2D eigenvalue weighted by molar-refractivity contribution is 7.85. The number of hydrogen-bond donors (Lipinski definition) is 2. The van der Waals surface area contributed by atoms with Crippen LogP contribution in [0, 0.1) is 5.92 Å². The zero-order valence-corrected chi connectivity index (χ0v) is 14.3. The predicted octanol–water partition coefficient (Wildman–Crippen LogP) is 0.330. The highest BCUT2D eigenvalue weighted by atomic mass is 32.2. The van der Waals surface area contributed by atoms with Crippen molar-refractivity contribution in [2.75, 3.05) is 12.3 Å². The summed E-state index contributed by atoms with van der Waals surface area (Å²) in [6.07, 6.45) is 2.78. The van der Waals surface area contributed by atoms with E-state index in [4.69, 9.17) is 0 Å². The molecule has 21 heavy (non-hydrogen) atoms. The normalized spacial score (nSPS) is 13.8. The van der Waals surface area contributed by atoms with Crippen LogP contribution in [0.15, 0.2) is 12.3 Å². The molecule has 1 atom stereocenters. The van der Waals surface area contributed by atoms with Gasteiger partial charge in [-0.25, -0.2) is 8.42 Å². The molecular weight excluding hydrogens is 292 g/mol. The molecule has 0 aromatic heterocycles. The van der Waals surface area contributed by atoms with Crippen molar-refractivity contribution < 1.29 is 23.1 Å². The van der Waals surface area contributed by atoms with E-state index in [0.29, 0.717) is 5.70 Å². The van der Waals surface area contributed by atoms with E-state index in [1.54, 1.807) is 6.92 Å². The molecule has 0 rings (SSSR count). The molecule has 0 fully saturated rings. The van der Waals surface area contributed by atoms with Crippen molar-refractivity contribution in [3.05, 3.63) is 12.3 Å². The average Bonchev–Trinajstić information content (AvgIpc) is 2.40. The fourth-order valence-electron chi connectivity index (χ4n) is 2.28. The number of carbonyl (C=O) groups excluding carboxylic acids is 1. The number of nitrogens with one attached hydrogen (secondary N) is 1. The summed E-state index contributed by atoms with van der Waals surface area (Å²) < 4.78 is 31.9. The Morgan fingerprint density at radius 3 is 2.14 bits per heavy atom. The van der Waals surface area contributed by atoms with Gasteiger partial charge in [0.2, 0.25) is 0 Å². The first-order valence-electron chi connectivity index (χ1n) is 7.35. The lowest BCUT2D eigenvalue weighted by molar-refractivity contribution is -0.681. The molecule has 0 radical (unpaired) electrons. The molecule has 0 saturated carbocycles. The molecule has 6 nitrogen and oxygen atoms in total. The van der Waals surface area contributed by atoms with Gasteiger partial charge in [0.05, 0.1) is 10.1 Å². The lowest BCUT2D eigenvalue weighted by Gasteiger charge is -2.28. The van der Waals surface area contributed by atoms with E-state index in [9.17, 15) is 17.8 Å². The second-order valence-corrected chi connectivity index (χ2v) is 7.08. The maximum absolute atomic E-state index is 12.0. The molecule has 1 amide bonds. The molecule has 0 aromatic carbocycles. The Balaban J connectivity index is 4.44. The van der Waals surface area contributed by atoms with Crippen molar-refractivity contribution in [1.82, 2.24) is 5.32 Å². The summed E-state index contributed by atoms with van der Waals surface area (Å²) in [6, 6.07) is 0. The molecule has 0 spiro atoms. The summed E-state index contributed by atoms with van der Waals surface area (Å²) in [7, 11) is -4.26. The quantitative estimate of drug-likeness (QED) is 0.447. The molecule has 0 bridgehead atoms.